The van der Waals surface area contributed by atoms with Crippen molar-refractivity contribution in [3.63, 3.8) is 0 Å². The van der Waals surface area contributed by atoms with Crippen LogP contribution in [0, 0.1) is 5.82 Å². The summed E-state index contributed by atoms with van der Waals surface area (Å²) in [5.74, 6) is 0.218. The van der Waals surface area contributed by atoms with Crippen molar-refractivity contribution in [3.8, 4) is 5.75 Å². The van der Waals surface area contributed by atoms with Crippen molar-refractivity contribution in [1.29, 1.82) is 0 Å². The van der Waals surface area contributed by atoms with Crippen molar-refractivity contribution in [2.45, 2.75) is 25.8 Å². The smallest absolute Gasteiger partial charge is 0.239 e. The molecule has 1 saturated heterocycles. The quantitative estimate of drug-likeness (QED) is 0.898. The lowest BCUT2D eigenvalue weighted by Gasteiger charge is -2.37. The number of benzene rings is 1. The number of nitrogens with zero attached hydrogens (tertiary/aromatic N) is 2. The number of carbonyl (C=O) groups is 1. The third-order valence-electron chi connectivity index (χ3n) is 3.99. The third kappa shape index (κ3) is 3.68. The van der Waals surface area contributed by atoms with Gasteiger partial charge in [0.25, 0.3) is 0 Å². The number of ether oxygens (including phenoxy) is 1. The fraction of sp³-hybridized carbons (Fsp3) is 0.562. The minimum absolute atomic E-state index is 0.0209. The van der Waals surface area contributed by atoms with E-state index in [1.54, 1.807) is 6.07 Å². The Balaban J connectivity index is 1.99. The Bertz CT molecular complexity index is 516. The maximum atomic E-state index is 13.3. The summed E-state index contributed by atoms with van der Waals surface area (Å²) in [4.78, 5) is 16.1. The fourth-order valence-electron chi connectivity index (χ4n) is 2.75. The van der Waals surface area contributed by atoms with E-state index in [0.29, 0.717) is 38.3 Å². The molecule has 0 saturated carbocycles. The van der Waals surface area contributed by atoms with Crippen LogP contribution in [0.4, 0.5) is 10.1 Å². The van der Waals surface area contributed by atoms with E-state index in [9.17, 15) is 9.18 Å². The second-order valence-corrected chi connectivity index (χ2v) is 5.52. The average Bonchev–Trinajstić information content (AvgIpc) is 2.54. The molecule has 5 nitrogen and oxygen atoms in total. The summed E-state index contributed by atoms with van der Waals surface area (Å²) < 4.78 is 18.5. The van der Waals surface area contributed by atoms with E-state index in [-0.39, 0.29) is 11.7 Å². The predicted octanol–water partition coefficient (Wildman–Crippen LogP) is 1.61. The summed E-state index contributed by atoms with van der Waals surface area (Å²) in [5, 5.41) is 0. The minimum atomic E-state index is -0.406. The first-order chi connectivity index (χ1) is 10.6. The Kier molecular flexibility index (Phi) is 5.60. The molecule has 0 aromatic heterocycles. The van der Waals surface area contributed by atoms with Crippen molar-refractivity contribution in [1.82, 2.24) is 4.90 Å². The van der Waals surface area contributed by atoms with E-state index in [1.807, 2.05) is 11.8 Å². The molecule has 0 bridgehead atoms. The van der Waals surface area contributed by atoms with Gasteiger partial charge in [0.1, 0.15) is 11.6 Å². The maximum Gasteiger partial charge on any atom is 0.239 e. The number of hydrogen-bond acceptors (Lipinski definition) is 4. The molecule has 1 aromatic rings. The number of hydrogen-bond donors (Lipinski definition) is 1. The molecule has 6 heteroatoms. The molecule has 22 heavy (non-hydrogen) atoms. The molecular formula is C16H24FN3O2. The molecular weight excluding hydrogens is 285 g/mol. The van der Waals surface area contributed by atoms with Gasteiger partial charge in [-0.1, -0.05) is 13.3 Å². The lowest BCUT2D eigenvalue weighted by Crippen LogP contribution is -2.53. The first-order valence-corrected chi connectivity index (χ1v) is 7.69. The minimum Gasteiger partial charge on any atom is -0.494 e. The van der Waals surface area contributed by atoms with E-state index >= 15 is 0 Å². The van der Waals surface area contributed by atoms with Crippen LogP contribution >= 0.6 is 0 Å². The first kappa shape index (κ1) is 16.5. The predicted molar refractivity (Wildman–Crippen MR) is 84.6 cm³/mol. The topological polar surface area (TPSA) is 58.8 Å². The average molecular weight is 309 g/mol. The van der Waals surface area contributed by atoms with Gasteiger partial charge in [-0.2, -0.15) is 0 Å². The van der Waals surface area contributed by atoms with Crippen molar-refractivity contribution >= 4 is 11.6 Å². The van der Waals surface area contributed by atoms with Crippen molar-refractivity contribution in [2.24, 2.45) is 5.73 Å². The second-order valence-electron chi connectivity index (χ2n) is 5.52. The molecule has 2 N–H and O–H groups in total. The Hall–Kier alpha value is -1.82. The number of piperazine rings is 1. The Morgan fingerprint density at radius 3 is 2.64 bits per heavy atom. The molecule has 1 heterocycles. The lowest BCUT2D eigenvalue weighted by molar-refractivity contribution is -0.133. The van der Waals surface area contributed by atoms with Crippen LogP contribution in [0.25, 0.3) is 0 Å². The van der Waals surface area contributed by atoms with E-state index < -0.39 is 6.04 Å². The van der Waals surface area contributed by atoms with Crippen LogP contribution in [-0.2, 0) is 4.79 Å². The summed E-state index contributed by atoms with van der Waals surface area (Å²) in [5.41, 5.74) is 6.76. The zero-order chi connectivity index (χ0) is 16.1. The van der Waals surface area contributed by atoms with Crippen molar-refractivity contribution in [3.05, 3.63) is 24.0 Å². The van der Waals surface area contributed by atoms with E-state index in [4.69, 9.17) is 10.5 Å². The number of nitrogens with two attached hydrogens (primary N) is 1. The van der Waals surface area contributed by atoms with Gasteiger partial charge < -0.3 is 20.3 Å². The Morgan fingerprint density at radius 1 is 1.36 bits per heavy atom. The fourth-order valence-corrected chi connectivity index (χ4v) is 2.75. The number of halogens is 1. The van der Waals surface area contributed by atoms with E-state index in [0.717, 1.165) is 12.1 Å². The monoisotopic (exact) mass is 309 g/mol. The van der Waals surface area contributed by atoms with Gasteiger partial charge in [-0.15, -0.1) is 0 Å². The van der Waals surface area contributed by atoms with E-state index in [1.165, 1.54) is 19.2 Å². The van der Waals surface area contributed by atoms with Gasteiger partial charge in [0.15, 0.2) is 0 Å². The van der Waals surface area contributed by atoms with Gasteiger partial charge in [0.2, 0.25) is 5.91 Å². The summed E-state index contributed by atoms with van der Waals surface area (Å²) in [6.07, 6.45) is 1.62. The zero-order valence-electron chi connectivity index (χ0n) is 13.2. The molecule has 0 aliphatic carbocycles. The summed E-state index contributed by atoms with van der Waals surface area (Å²) in [7, 11) is 1.53. The van der Waals surface area contributed by atoms with Gasteiger partial charge >= 0.3 is 0 Å². The molecule has 1 aromatic carbocycles. The highest BCUT2D eigenvalue weighted by Gasteiger charge is 2.26. The normalized spacial score (nSPS) is 16.5. The highest BCUT2D eigenvalue weighted by molar-refractivity contribution is 5.82. The van der Waals surface area contributed by atoms with Gasteiger partial charge in [-0.25, -0.2) is 4.39 Å². The molecule has 1 aliphatic heterocycles. The zero-order valence-corrected chi connectivity index (χ0v) is 13.2. The molecule has 1 aliphatic rings. The summed E-state index contributed by atoms with van der Waals surface area (Å²) in [6.45, 7) is 4.64. The molecule has 0 radical (unpaired) electrons. The largest absolute Gasteiger partial charge is 0.494 e. The molecule has 1 amide bonds. The third-order valence-corrected chi connectivity index (χ3v) is 3.99. The lowest BCUT2D eigenvalue weighted by atomic mass is 10.1. The number of carbonyl (C=O) groups excluding carboxylic acids is 1. The summed E-state index contributed by atoms with van der Waals surface area (Å²) in [6, 6.07) is 4.11. The molecule has 122 valence electrons. The number of rotatable bonds is 5. The van der Waals surface area contributed by atoms with E-state index in [2.05, 4.69) is 4.90 Å². The standard InChI is InChI=1S/C16H24FN3O2/c1-3-4-13(18)16(21)20-9-7-19(8-10-20)14-6-5-12(17)11-15(14)22-2/h5-6,11,13H,3-4,7-10,18H2,1-2H3. The van der Waals surface area contributed by atoms with Crippen LogP contribution in [0.1, 0.15) is 19.8 Å². The molecule has 1 atom stereocenters. The Morgan fingerprint density at radius 2 is 2.05 bits per heavy atom. The van der Waals surface area contributed by atoms with Crippen LogP contribution < -0.4 is 15.4 Å². The van der Waals surface area contributed by atoms with Crippen LogP contribution in [0.15, 0.2) is 18.2 Å². The molecule has 1 unspecified atom stereocenters. The van der Waals surface area contributed by atoms with Crippen LogP contribution in [-0.4, -0.2) is 50.1 Å². The molecule has 0 spiro atoms. The van der Waals surface area contributed by atoms with Gasteiger partial charge in [-0.05, 0) is 18.6 Å². The maximum absolute atomic E-state index is 13.3. The first-order valence-electron chi connectivity index (χ1n) is 7.69. The van der Waals surface area contributed by atoms with Crippen LogP contribution in [0.3, 0.4) is 0 Å². The second kappa shape index (κ2) is 7.45. The van der Waals surface area contributed by atoms with Gasteiger partial charge in [-0.3, -0.25) is 4.79 Å². The number of amides is 1. The summed E-state index contributed by atoms with van der Waals surface area (Å²) >= 11 is 0. The number of anilines is 1. The number of methoxy groups -OCH3 is 1. The van der Waals surface area contributed by atoms with Gasteiger partial charge in [0, 0.05) is 32.2 Å². The highest BCUT2D eigenvalue weighted by Crippen LogP contribution is 2.29. The highest BCUT2D eigenvalue weighted by atomic mass is 19.1. The van der Waals surface area contributed by atoms with Crippen molar-refractivity contribution in [2.75, 3.05) is 38.2 Å². The van der Waals surface area contributed by atoms with Crippen LogP contribution in [0.2, 0.25) is 0 Å². The van der Waals surface area contributed by atoms with Crippen LogP contribution in [0.5, 0.6) is 5.75 Å². The SMILES string of the molecule is CCCC(N)C(=O)N1CCN(c2ccc(F)cc2OC)CC1. The molecule has 2 rings (SSSR count). The van der Waals surface area contributed by atoms with Crippen molar-refractivity contribution < 1.29 is 13.9 Å². The molecule has 1 fully saturated rings. The van der Waals surface area contributed by atoms with Gasteiger partial charge in [0.05, 0.1) is 18.8 Å². The Labute approximate surface area is 130 Å².